The first-order valence-electron chi connectivity index (χ1n) is 4.16. The summed E-state index contributed by atoms with van der Waals surface area (Å²) in [4.78, 5) is 0. The highest BCUT2D eigenvalue weighted by atomic mass is 15.0. The van der Waals surface area contributed by atoms with Crippen LogP contribution in [0.3, 0.4) is 0 Å². The molecule has 10 heavy (non-hydrogen) atoms. The fraction of sp³-hybridized carbons (Fsp3) is 0.750. The monoisotopic (exact) mass is 138 g/mol. The van der Waals surface area contributed by atoms with Crippen molar-refractivity contribution in [3.63, 3.8) is 0 Å². The van der Waals surface area contributed by atoms with Crippen molar-refractivity contribution in [2.24, 2.45) is 0 Å². The van der Waals surface area contributed by atoms with Crippen LogP contribution in [0.15, 0.2) is 11.4 Å². The summed E-state index contributed by atoms with van der Waals surface area (Å²) in [6, 6.07) is 0. The molecule has 0 unspecified atom stereocenters. The summed E-state index contributed by atoms with van der Waals surface area (Å²) in [5.41, 5.74) is 2.97. The lowest BCUT2D eigenvalue weighted by Crippen LogP contribution is -2.32. The number of rotatable bonds is 0. The molecule has 56 valence electrons. The van der Waals surface area contributed by atoms with E-state index < -0.39 is 0 Å². The van der Waals surface area contributed by atoms with Crippen LogP contribution in [-0.2, 0) is 0 Å². The molecule has 2 aliphatic heterocycles. The number of nitrogens with one attached hydrogen (secondary N) is 2. The second-order valence-electron chi connectivity index (χ2n) is 3.02. The van der Waals surface area contributed by atoms with Gasteiger partial charge in [-0.3, -0.25) is 0 Å². The summed E-state index contributed by atoms with van der Waals surface area (Å²) in [5, 5.41) is 6.88. The third kappa shape index (κ3) is 0.981. The van der Waals surface area contributed by atoms with Crippen molar-refractivity contribution in [1.82, 2.24) is 10.6 Å². The van der Waals surface area contributed by atoms with Gasteiger partial charge in [0, 0.05) is 24.5 Å². The molecule has 2 N–H and O–H groups in total. The normalized spacial score (nSPS) is 24.8. The quantitative estimate of drug-likeness (QED) is 0.521. The molecule has 0 saturated heterocycles. The molecule has 0 spiro atoms. The Morgan fingerprint density at radius 3 is 1.80 bits per heavy atom. The molecule has 0 aromatic rings. The van der Waals surface area contributed by atoms with Crippen molar-refractivity contribution in [2.45, 2.75) is 25.7 Å². The minimum atomic E-state index is 1.18. The van der Waals surface area contributed by atoms with E-state index in [-0.39, 0.29) is 0 Å². The second-order valence-corrected chi connectivity index (χ2v) is 3.02. The molecular weight excluding hydrogens is 124 g/mol. The smallest absolute Gasteiger partial charge is 0.0300 e. The van der Waals surface area contributed by atoms with Crippen molar-refractivity contribution in [3.8, 4) is 0 Å². The maximum atomic E-state index is 3.44. The first kappa shape index (κ1) is 6.08. The van der Waals surface area contributed by atoms with Gasteiger partial charge < -0.3 is 10.6 Å². The second kappa shape index (κ2) is 2.52. The summed E-state index contributed by atoms with van der Waals surface area (Å²) >= 11 is 0. The zero-order chi connectivity index (χ0) is 6.81. The van der Waals surface area contributed by atoms with Gasteiger partial charge in [0.15, 0.2) is 0 Å². The first-order valence-corrected chi connectivity index (χ1v) is 4.16. The molecule has 0 amide bonds. The van der Waals surface area contributed by atoms with Crippen LogP contribution in [0.2, 0.25) is 0 Å². The molecule has 0 bridgehead atoms. The van der Waals surface area contributed by atoms with Crippen molar-refractivity contribution < 1.29 is 0 Å². The third-order valence-corrected chi connectivity index (χ3v) is 2.25. The molecule has 0 radical (unpaired) electrons. The van der Waals surface area contributed by atoms with Crippen molar-refractivity contribution in [1.29, 1.82) is 0 Å². The molecular formula is C8H14N2. The maximum Gasteiger partial charge on any atom is 0.0300 e. The van der Waals surface area contributed by atoms with Crippen LogP contribution in [0.5, 0.6) is 0 Å². The molecule has 0 atom stereocenters. The Bertz CT molecular complexity index is 127. The fourth-order valence-corrected chi connectivity index (χ4v) is 1.70. The van der Waals surface area contributed by atoms with Gasteiger partial charge in [-0.2, -0.15) is 0 Å². The highest BCUT2D eigenvalue weighted by Crippen LogP contribution is 2.18. The molecule has 2 aliphatic rings. The largest absolute Gasteiger partial charge is 0.387 e. The van der Waals surface area contributed by atoms with Gasteiger partial charge in [0.1, 0.15) is 0 Å². The Kier molecular flexibility index (Phi) is 1.53. The average molecular weight is 138 g/mol. The highest BCUT2D eigenvalue weighted by molar-refractivity contribution is 5.16. The van der Waals surface area contributed by atoms with Crippen LogP contribution in [0.4, 0.5) is 0 Å². The van der Waals surface area contributed by atoms with Crippen LogP contribution in [-0.4, -0.2) is 13.1 Å². The van der Waals surface area contributed by atoms with E-state index in [0.29, 0.717) is 0 Å². The van der Waals surface area contributed by atoms with E-state index >= 15 is 0 Å². The van der Waals surface area contributed by atoms with Gasteiger partial charge in [-0.05, 0) is 25.7 Å². The highest BCUT2D eigenvalue weighted by Gasteiger charge is 2.14. The predicted molar refractivity (Wildman–Crippen MR) is 41.5 cm³/mol. The van der Waals surface area contributed by atoms with Crippen molar-refractivity contribution >= 4 is 0 Å². The maximum absolute atomic E-state index is 3.44. The van der Waals surface area contributed by atoms with Crippen LogP contribution in [0, 0.1) is 0 Å². The summed E-state index contributed by atoms with van der Waals surface area (Å²) in [7, 11) is 0. The Balaban J connectivity index is 2.14. The molecule has 0 saturated carbocycles. The lowest BCUT2D eigenvalue weighted by Gasteiger charge is -2.27. The number of hydrogen-bond acceptors (Lipinski definition) is 2. The number of allylic oxidation sites excluding steroid dienone is 2. The molecule has 2 heteroatoms. The predicted octanol–water partition coefficient (Wildman–Crippen LogP) is 0.965. The van der Waals surface area contributed by atoms with Gasteiger partial charge >= 0.3 is 0 Å². The summed E-state index contributed by atoms with van der Waals surface area (Å²) in [6.45, 7) is 2.36. The van der Waals surface area contributed by atoms with Crippen molar-refractivity contribution in [3.05, 3.63) is 11.4 Å². The Labute approximate surface area is 61.7 Å². The zero-order valence-electron chi connectivity index (χ0n) is 6.24. The van der Waals surface area contributed by atoms with E-state index in [2.05, 4.69) is 10.6 Å². The lowest BCUT2D eigenvalue weighted by molar-refractivity contribution is 0.533. The van der Waals surface area contributed by atoms with Crippen LogP contribution >= 0.6 is 0 Å². The lowest BCUT2D eigenvalue weighted by atomic mass is 10.0. The molecule has 0 aliphatic carbocycles. The summed E-state index contributed by atoms with van der Waals surface area (Å²) in [6.07, 6.45) is 5.13. The van der Waals surface area contributed by atoms with Gasteiger partial charge in [0.2, 0.25) is 0 Å². The Hall–Kier alpha value is -0.660. The molecule has 0 aromatic heterocycles. The molecule has 0 aromatic carbocycles. The SMILES string of the molecule is C1CNC2=C(C1)NCCC2. The van der Waals surface area contributed by atoms with Gasteiger partial charge in [0.25, 0.3) is 0 Å². The Morgan fingerprint density at radius 1 is 0.800 bits per heavy atom. The van der Waals surface area contributed by atoms with E-state index in [1.54, 1.807) is 0 Å². The molecule has 2 heterocycles. The minimum Gasteiger partial charge on any atom is -0.387 e. The van der Waals surface area contributed by atoms with E-state index in [1.807, 2.05) is 0 Å². The minimum absolute atomic E-state index is 1.18. The zero-order valence-corrected chi connectivity index (χ0v) is 6.24. The van der Waals surface area contributed by atoms with Crippen molar-refractivity contribution in [2.75, 3.05) is 13.1 Å². The standard InChI is InChI=1S/C8H14N2/c1-3-7-8(9-5-1)4-2-6-10-7/h9-10H,1-6H2. The fourth-order valence-electron chi connectivity index (χ4n) is 1.70. The first-order chi connectivity index (χ1) is 4.97. The molecule has 2 nitrogen and oxygen atoms in total. The van der Waals surface area contributed by atoms with Gasteiger partial charge in [-0.25, -0.2) is 0 Å². The molecule has 0 fully saturated rings. The van der Waals surface area contributed by atoms with E-state index in [4.69, 9.17) is 0 Å². The van der Waals surface area contributed by atoms with Crippen LogP contribution < -0.4 is 10.6 Å². The van der Waals surface area contributed by atoms with Gasteiger partial charge in [-0.1, -0.05) is 0 Å². The van der Waals surface area contributed by atoms with Gasteiger partial charge in [0.05, 0.1) is 0 Å². The van der Waals surface area contributed by atoms with Gasteiger partial charge in [-0.15, -0.1) is 0 Å². The molecule has 2 rings (SSSR count). The third-order valence-electron chi connectivity index (χ3n) is 2.25. The van der Waals surface area contributed by atoms with Crippen LogP contribution in [0.1, 0.15) is 25.7 Å². The Morgan fingerprint density at radius 2 is 1.30 bits per heavy atom. The van der Waals surface area contributed by atoms with Crippen LogP contribution in [0.25, 0.3) is 0 Å². The van der Waals surface area contributed by atoms with E-state index in [1.165, 1.54) is 50.2 Å². The topological polar surface area (TPSA) is 24.1 Å². The summed E-state index contributed by atoms with van der Waals surface area (Å²) in [5.74, 6) is 0. The number of hydrogen-bond donors (Lipinski definition) is 2. The van der Waals surface area contributed by atoms with E-state index in [9.17, 15) is 0 Å². The average Bonchev–Trinajstić information content (AvgIpc) is 2.05. The summed E-state index contributed by atoms with van der Waals surface area (Å²) < 4.78 is 0. The van der Waals surface area contributed by atoms with E-state index in [0.717, 1.165) is 0 Å².